The molecule has 0 amide bonds. The number of thiazole rings is 1. The van der Waals surface area contributed by atoms with Crippen LogP contribution in [0, 0.1) is 0 Å². The van der Waals surface area contributed by atoms with Gasteiger partial charge in [-0.2, -0.15) is 0 Å². The van der Waals surface area contributed by atoms with Crippen molar-refractivity contribution in [2.45, 2.75) is 57.5 Å². The Kier molecular flexibility index (Phi) is 12.2. The number of aryl methyl sites for hydroxylation is 1. The zero-order valence-electron chi connectivity index (χ0n) is 26.2. The molecule has 0 fully saturated rings. The largest absolute Gasteiger partial charge is 0.486 e. The number of rotatable bonds is 14. The zero-order valence-corrected chi connectivity index (χ0v) is 29.4. The number of hydrogen-bond acceptors (Lipinski definition) is 9. The van der Waals surface area contributed by atoms with E-state index in [4.69, 9.17) is 43.0 Å². The molecule has 0 spiro atoms. The highest BCUT2D eigenvalue weighted by atomic mass is 35.5. The SMILES string of the molecule is CCOC(=O)COc1ccc(CCCS(=O)(=O)c2ccc(Cl)cc2)cc1NC(=S)c1cccc(OCc2nc(C(C)(C)C)cs2)c1. The minimum absolute atomic E-state index is 0.0256. The fourth-order valence-corrected chi connectivity index (χ4v) is 6.92. The van der Waals surface area contributed by atoms with Gasteiger partial charge in [-0.1, -0.05) is 62.8 Å². The Balaban J connectivity index is 1.45. The first-order valence-electron chi connectivity index (χ1n) is 14.7. The van der Waals surface area contributed by atoms with Crippen LogP contribution < -0.4 is 14.8 Å². The third-order valence-electron chi connectivity index (χ3n) is 6.77. The average molecular weight is 701 g/mol. The third-order valence-corrected chi connectivity index (χ3v) is 10.0. The van der Waals surface area contributed by atoms with Crippen LogP contribution in [0.3, 0.4) is 0 Å². The molecule has 8 nitrogen and oxygen atoms in total. The summed E-state index contributed by atoms with van der Waals surface area (Å²) in [5.41, 5.74) is 3.13. The van der Waals surface area contributed by atoms with Crippen molar-refractivity contribution in [3.63, 3.8) is 0 Å². The number of thiocarbonyl (C=S) groups is 1. The molecule has 244 valence electrons. The van der Waals surface area contributed by atoms with Crippen molar-refractivity contribution in [3.8, 4) is 11.5 Å². The van der Waals surface area contributed by atoms with Gasteiger partial charge in [0.25, 0.3) is 0 Å². The number of sulfone groups is 1. The van der Waals surface area contributed by atoms with Crippen molar-refractivity contribution in [2.24, 2.45) is 0 Å². The van der Waals surface area contributed by atoms with Crippen molar-refractivity contribution in [3.05, 3.63) is 99.0 Å². The molecule has 0 aliphatic carbocycles. The van der Waals surface area contributed by atoms with Gasteiger partial charge in [0, 0.05) is 21.4 Å². The standard InChI is InChI=1S/C34H37ClN2O6S3/c1-5-41-32(38)21-43-29-16-11-23(8-7-17-46(39,40)27-14-12-25(35)13-15-27)18-28(29)36-33(44)24-9-6-10-26(19-24)42-20-31-37-30(22-45-31)34(2,3)4/h6,9-16,18-19,22H,5,7-8,17,20-21H2,1-4H3,(H,36,44). The van der Waals surface area contributed by atoms with E-state index in [1.807, 2.05) is 36.4 Å². The summed E-state index contributed by atoms with van der Waals surface area (Å²) in [6, 6.07) is 19.0. The van der Waals surface area contributed by atoms with Gasteiger partial charge in [0.05, 0.1) is 28.6 Å². The molecule has 0 atom stereocenters. The molecule has 4 aromatic rings. The second kappa shape index (κ2) is 15.9. The van der Waals surface area contributed by atoms with E-state index in [2.05, 4.69) is 31.5 Å². The van der Waals surface area contributed by atoms with Crippen LogP contribution in [-0.2, 0) is 37.8 Å². The van der Waals surface area contributed by atoms with Gasteiger partial charge in [-0.3, -0.25) is 0 Å². The van der Waals surface area contributed by atoms with E-state index >= 15 is 0 Å². The molecule has 12 heteroatoms. The Morgan fingerprint density at radius 3 is 2.50 bits per heavy atom. The topological polar surface area (TPSA) is 104 Å². The van der Waals surface area contributed by atoms with E-state index in [1.54, 1.807) is 36.5 Å². The van der Waals surface area contributed by atoms with Gasteiger partial charge in [-0.25, -0.2) is 18.2 Å². The normalized spacial score (nSPS) is 11.6. The molecule has 0 radical (unpaired) electrons. The first kappa shape index (κ1) is 35.3. The fourth-order valence-electron chi connectivity index (χ4n) is 4.31. The number of nitrogens with one attached hydrogen (secondary N) is 1. The Morgan fingerprint density at radius 2 is 1.80 bits per heavy atom. The first-order chi connectivity index (χ1) is 21.8. The number of aromatic nitrogens is 1. The summed E-state index contributed by atoms with van der Waals surface area (Å²) >= 11 is 13.2. The lowest BCUT2D eigenvalue weighted by Crippen LogP contribution is -2.17. The third kappa shape index (κ3) is 10.2. The molecule has 0 bridgehead atoms. The highest BCUT2D eigenvalue weighted by molar-refractivity contribution is 7.91. The number of hydrogen-bond donors (Lipinski definition) is 1. The van der Waals surface area contributed by atoms with Crippen LogP contribution in [0.15, 0.2) is 77.0 Å². The lowest BCUT2D eigenvalue weighted by molar-refractivity contribution is -0.145. The van der Waals surface area contributed by atoms with E-state index in [9.17, 15) is 13.2 Å². The van der Waals surface area contributed by atoms with E-state index < -0.39 is 15.8 Å². The summed E-state index contributed by atoms with van der Waals surface area (Å²) in [6.07, 6.45) is 0.886. The van der Waals surface area contributed by atoms with E-state index in [1.165, 1.54) is 12.1 Å². The molecular weight excluding hydrogens is 664 g/mol. The molecule has 3 aromatic carbocycles. The van der Waals surface area contributed by atoms with Crippen molar-refractivity contribution in [1.29, 1.82) is 0 Å². The van der Waals surface area contributed by atoms with Gasteiger partial charge in [-0.15, -0.1) is 11.3 Å². The molecular formula is C34H37ClN2O6S3. The van der Waals surface area contributed by atoms with Gasteiger partial charge in [0.15, 0.2) is 16.4 Å². The fraction of sp³-hybridized carbons (Fsp3) is 0.324. The van der Waals surface area contributed by atoms with Crippen molar-refractivity contribution < 1.29 is 27.4 Å². The average Bonchev–Trinajstić information content (AvgIpc) is 3.50. The second-order valence-electron chi connectivity index (χ2n) is 11.4. The molecule has 1 N–H and O–H groups in total. The maximum absolute atomic E-state index is 12.8. The highest BCUT2D eigenvalue weighted by Gasteiger charge is 2.18. The second-order valence-corrected chi connectivity index (χ2v) is 15.3. The molecule has 0 unspecified atom stereocenters. The number of nitrogens with zero attached hydrogens (tertiary/aromatic N) is 1. The summed E-state index contributed by atoms with van der Waals surface area (Å²) < 4.78 is 42.4. The van der Waals surface area contributed by atoms with Crippen LogP contribution in [0.1, 0.15) is 55.9 Å². The summed E-state index contributed by atoms with van der Waals surface area (Å²) in [5.74, 6) is 0.525. The molecule has 0 saturated heterocycles. The smallest absolute Gasteiger partial charge is 0.344 e. The Morgan fingerprint density at radius 1 is 1.04 bits per heavy atom. The number of benzene rings is 3. The number of halogens is 1. The molecule has 1 heterocycles. The highest BCUT2D eigenvalue weighted by Crippen LogP contribution is 2.29. The Hall–Kier alpha value is -3.51. The number of carbonyl (C=O) groups excluding carboxylic acids is 1. The number of esters is 1. The monoisotopic (exact) mass is 700 g/mol. The summed E-state index contributed by atoms with van der Waals surface area (Å²) in [7, 11) is -3.46. The Labute approximate surface area is 285 Å². The predicted octanol–water partition coefficient (Wildman–Crippen LogP) is 7.81. The summed E-state index contributed by atoms with van der Waals surface area (Å²) in [6.45, 7) is 8.41. The first-order valence-corrected chi connectivity index (χ1v) is 18.0. The van der Waals surface area contributed by atoms with Crippen molar-refractivity contribution in [1.82, 2.24) is 4.98 Å². The summed E-state index contributed by atoms with van der Waals surface area (Å²) in [5, 5.41) is 6.66. The van der Waals surface area contributed by atoms with E-state index in [0.29, 0.717) is 46.6 Å². The summed E-state index contributed by atoms with van der Waals surface area (Å²) in [4.78, 5) is 17.3. The zero-order chi connectivity index (χ0) is 33.3. The van der Waals surface area contributed by atoms with Crippen LogP contribution in [0.5, 0.6) is 11.5 Å². The number of anilines is 1. The quantitative estimate of drug-likeness (QED) is 0.104. The van der Waals surface area contributed by atoms with Gasteiger partial charge >= 0.3 is 5.97 Å². The number of ether oxygens (including phenoxy) is 3. The van der Waals surface area contributed by atoms with Crippen LogP contribution in [0.4, 0.5) is 5.69 Å². The molecule has 1 aromatic heterocycles. The van der Waals surface area contributed by atoms with E-state index in [0.717, 1.165) is 21.8 Å². The number of carbonyl (C=O) groups is 1. The molecule has 4 rings (SSSR count). The molecule has 46 heavy (non-hydrogen) atoms. The molecule has 0 aliphatic heterocycles. The lowest BCUT2D eigenvalue weighted by Gasteiger charge is -2.16. The predicted molar refractivity (Wildman–Crippen MR) is 187 cm³/mol. The van der Waals surface area contributed by atoms with E-state index in [-0.39, 0.29) is 29.3 Å². The maximum atomic E-state index is 12.8. The lowest BCUT2D eigenvalue weighted by atomic mass is 9.93. The molecule has 0 saturated carbocycles. The van der Waals surface area contributed by atoms with Gasteiger partial charge in [0.1, 0.15) is 28.1 Å². The molecule has 0 aliphatic rings. The van der Waals surface area contributed by atoms with Gasteiger partial charge in [0.2, 0.25) is 0 Å². The van der Waals surface area contributed by atoms with Crippen molar-refractivity contribution >= 4 is 61.6 Å². The minimum Gasteiger partial charge on any atom is -0.486 e. The Bertz CT molecular complexity index is 1770. The van der Waals surface area contributed by atoms with Crippen LogP contribution in [0.25, 0.3) is 0 Å². The van der Waals surface area contributed by atoms with Gasteiger partial charge in [-0.05, 0) is 73.9 Å². The maximum Gasteiger partial charge on any atom is 0.344 e. The van der Waals surface area contributed by atoms with Crippen molar-refractivity contribution in [2.75, 3.05) is 24.3 Å². The van der Waals surface area contributed by atoms with Crippen LogP contribution >= 0.6 is 35.2 Å². The van der Waals surface area contributed by atoms with Gasteiger partial charge < -0.3 is 19.5 Å². The van der Waals surface area contributed by atoms with Crippen LogP contribution in [-0.4, -0.2) is 43.3 Å². The van der Waals surface area contributed by atoms with Crippen LogP contribution in [0.2, 0.25) is 5.02 Å². The minimum atomic E-state index is -3.46.